The first kappa shape index (κ1) is 21.5. The lowest BCUT2D eigenvalue weighted by Gasteiger charge is -2.34. The molecule has 2 aromatic carbocycles. The molecule has 0 aliphatic carbocycles. The van der Waals surface area contributed by atoms with Gasteiger partial charge in [0.05, 0.1) is 18.2 Å². The molecule has 0 fully saturated rings. The molecular weight excluding hydrogens is 402 g/mol. The average molecular weight is 419 g/mol. The zero-order valence-corrected chi connectivity index (χ0v) is 15.8. The zero-order chi connectivity index (χ0) is 21.7. The summed E-state index contributed by atoms with van der Waals surface area (Å²) in [6.07, 6.45) is 1.53. The standard InChI is InChI=1S/C21H17F4N3O2/c1-14(30-8-2-3-15-9-16(22)5-7-19(15)24)21(29,11-28-13-26-12-27-28)18-6-4-17(23)10-20(18)25/h4-7,9-10,12-14,29H,8,11H2,1H3/t14-,21-/m1/s1. The van der Waals surface area contributed by atoms with E-state index in [1.165, 1.54) is 24.3 Å². The summed E-state index contributed by atoms with van der Waals surface area (Å²) in [5, 5.41) is 15.2. The monoisotopic (exact) mass is 419 g/mol. The van der Waals surface area contributed by atoms with Crippen LogP contribution in [0.5, 0.6) is 0 Å². The van der Waals surface area contributed by atoms with E-state index in [0.717, 1.165) is 30.3 Å². The molecule has 0 aliphatic heterocycles. The molecule has 0 aliphatic rings. The Labute approximate surface area is 169 Å². The topological polar surface area (TPSA) is 60.2 Å². The highest BCUT2D eigenvalue weighted by molar-refractivity contribution is 5.35. The maximum Gasteiger partial charge on any atom is 0.139 e. The molecule has 0 bridgehead atoms. The predicted molar refractivity (Wildman–Crippen MR) is 98.9 cm³/mol. The molecule has 1 heterocycles. The molecule has 5 nitrogen and oxygen atoms in total. The van der Waals surface area contributed by atoms with Crippen molar-refractivity contribution in [1.82, 2.24) is 14.8 Å². The lowest BCUT2D eigenvalue weighted by Crippen LogP contribution is -2.44. The van der Waals surface area contributed by atoms with Crippen LogP contribution >= 0.6 is 0 Å². The molecule has 0 radical (unpaired) electrons. The number of nitrogens with zero attached hydrogens (tertiary/aromatic N) is 3. The van der Waals surface area contributed by atoms with Gasteiger partial charge in [0.15, 0.2) is 0 Å². The first-order valence-corrected chi connectivity index (χ1v) is 8.85. The van der Waals surface area contributed by atoms with Crippen LogP contribution in [-0.4, -0.2) is 32.6 Å². The van der Waals surface area contributed by atoms with E-state index in [9.17, 15) is 22.7 Å². The second-order valence-electron chi connectivity index (χ2n) is 6.52. The lowest BCUT2D eigenvalue weighted by molar-refractivity contribution is -0.111. The number of aromatic nitrogens is 3. The van der Waals surface area contributed by atoms with E-state index in [1.807, 2.05) is 0 Å². The maximum absolute atomic E-state index is 14.4. The highest BCUT2D eigenvalue weighted by Gasteiger charge is 2.40. The summed E-state index contributed by atoms with van der Waals surface area (Å²) < 4.78 is 61.4. The highest BCUT2D eigenvalue weighted by Crippen LogP contribution is 2.31. The Balaban J connectivity index is 1.81. The minimum absolute atomic E-state index is 0.145. The molecule has 1 N–H and O–H groups in total. The Bertz CT molecular complexity index is 1080. The van der Waals surface area contributed by atoms with Crippen LogP contribution in [0, 0.1) is 35.1 Å². The molecule has 1 aromatic heterocycles. The minimum Gasteiger partial charge on any atom is -0.380 e. The van der Waals surface area contributed by atoms with Crippen molar-refractivity contribution in [1.29, 1.82) is 0 Å². The molecule has 9 heteroatoms. The van der Waals surface area contributed by atoms with Crippen molar-refractivity contribution in [3.63, 3.8) is 0 Å². The first-order chi connectivity index (χ1) is 14.3. The van der Waals surface area contributed by atoms with Crippen molar-refractivity contribution in [2.45, 2.75) is 25.2 Å². The van der Waals surface area contributed by atoms with Crippen molar-refractivity contribution in [3.8, 4) is 11.8 Å². The van der Waals surface area contributed by atoms with Crippen molar-refractivity contribution in [2.24, 2.45) is 0 Å². The third-order valence-corrected chi connectivity index (χ3v) is 4.50. The van der Waals surface area contributed by atoms with Gasteiger partial charge in [-0.05, 0) is 31.2 Å². The SMILES string of the molecule is C[C@@H](OCC#Cc1cc(F)ccc1F)[C@](O)(Cn1cncn1)c1ccc(F)cc1F. The van der Waals surface area contributed by atoms with Gasteiger partial charge in [-0.15, -0.1) is 0 Å². The Kier molecular flexibility index (Phi) is 6.50. The summed E-state index contributed by atoms with van der Waals surface area (Å²) in [4.78, 5) is 3.78. The van der Waals surface area contributed by atoms with Gasteiger partial charge in [0.25, 0.3) is 0 Å². The van der Waals surface area contributed by atoms with Crippen LogP contribution in [0.15, 0.2) is 49.1 Å². The zero-order valence-electron chi connectivity index (χ0n) is 15.8. The molecule has 0 saturated carbocycles. The van der Waals surface area contributed by atoms with E-state index >= 15 is 0 Å². The summed E-state index contributed by atoms with van der Waals surface area (Å²) in [5.74, 6) is 1.90. The molecular formula is C21H17F4N3O2. The number of hydrogen-bond acceptors (Lipinski definition) is 4. The quantitative estimate of drug-likeness (QED) is 0.493. The summed E-state index contributed by atoms with van der Waals surface area (Å²) >= 11 is 0. The Morgan fingerprint density at radius 2 is 1.83 bits per heavy atom. The van der Waals surface area contributed by atoms with Crippen LogP contribution in [0.3, 0.4) is 0 Å². The lowest BCUT2D eigenvalue weighted by atomic mass is 9.88. The van der Waals surface area contributed by atoms with Gasteiger partial charge in [-0.2, -0.15) is 5.10 Å². The molecule has 2 atom stereocenters. The van der Waals surface area contributed by atoms with E-state index in [2.05, 4.69) is 21.9 Å². The molecule has 0 amide bonds. The van der Waals surface area contributed by atoms with Crippen molar-refractivity contribution < 1.29 is 27.4 Å². The van der Waals surface area contributed by atoms with E-state index in [1.54, 1.807) is 0 Å². The fourth-order valence-electron chi connectivity index (χ4n) is 2.86. The largest absolute Gasteiger partial charge is 0.380 e. The third-order valence-electron chi connectivity index (χ3n) is 4.50. The average Bonchev–Trinajstić information content (AvgIpc) is 3.20. The first-order valence-electron chi connectivity index (χ1n) is 8.85. The van der Waals surface area contributed by atoms with E-state index in [-0.39, 0.29) is 24.3 Å². The number of halogens is 4. The van der Waals surface area contributed by atoms with Gasteiger partial charge in [0.1, 0.15) is 48.1 Å². The third kappa shape index (κ3) is 4.84. The molecule has 0 saturated heterocycles. The molecule has 156 valence electrons. The van der Waals surface area contributed by atoms with E-state index in [0.29, 0.717) is 6.07 Å². The number of aliphatic hydroxyl groups is 1. The van der Waals surface area contributed by atoms with Crippen molar-refractivity contribution in [3.05, 3.63) is 83.4 Å². The smallest absolute Gasteiger partial charge is 0.139 e. The molecule has 0 spiro atoms. The maximum atomic E-state index is 14.4. The second kappa shape index (κ2) is 9.07. The predicted octanol–water partition coefficient (Wildman–Crippen LogP) is 3.18. The number of rotatable bonds is 6. The van der Waals surface area contributed by atoms with Gasteiger partial charge in [0, 0.05) is 11.6 Å². The summed E-state index contributed by atoms with van der Waals surface area (Å²) in [7, 11) is 0. The Morgan fingerprint density at radius 1 is 1.10 bits per heavy atom. The van der Waals surface area contributed by atoms with Crippen LogP contribution in [0.2, 0.25) is 0 Å². The summed E-state index contributed by atoms with van der Waals surface area (Å²) in [6, 6.07) is 5.67. The number of benzene rings is 2. The van der Waals surface area contributed by atoms with Crippen LogP contribution in [0.4, 0.5) is 17.6 Å². The number of hydrogen-bond donors (Lipinski definition) is 1. The van der Waals surface area contributed by atoms with Crippen LogP contribution in [-0.2, 0) is 16.9 Å². The molecule has 0 unspecified atom stereocenters. The van der Waals surface area contributed by atoms with Crippen LogP contribution in [0.25, 0.3) is 0 Å². The fourth-order valence-corrected chi connectivity index (χ4v) is 2.86. The Morgan fingerprint density at radius 3 is 2.53 bits per heavy atom. The normalized spacial score (nSPS) is 13.9. The van der Waals surface area contributed by atoms with Gasteiger partial charge >= 0.3 is 0 Å². The van der Waals surface area contributed by atoms with Crippen molar-refractivity contribution in [2.75, 3.05) is 6.61 Å². The summed E-state index contributed by atoms with van der Waals surface area (Å²) in [5.41, 5.74) is -2.29. The second-order valence-corrected chi connectivity index (χ2v) is 6.52. The van der Waals surface area contributed by atoms with E-state index < -0.39 is 35.0 Å². The van der Waals surface area contributed by atoms with E-state index in [4.69, 9.17) is 4.74 Å². The Hall–Kier alpha value is -3.22. The van der Waals surface area contributed by atoms with Gasteiger partial charge in [-0.25, -0.2) is 27.2 Å². The highest BCUT2D eigenvalue weighted by atomic mass is 19.1. The fraction of sp³-hybridized carbons (Fsp3) is 0.238. The summed E-state index contributed by atoms with van der Waals surface area (Å²) in [6.45, 7) is 0.979. The number of ether oxygens (including phenoxy) is 1. The minimum atomic E-state index is -1.95. The molecule has 3 aromatic rings. The van der Waals surface area contributed by atoms with Crippen LogP contribution < -0.4 is 0 Å². The van der Waals surface area contributed by atoms with Gasteiger partial charge < -0.3 is 9.84 Å². The van der Waals surface area contributed by atoms with Gasteiger partial charge in [-0.1, -0.05) is 17.9 Å². The van der Waals surface area contributed by atoms with Gasteiger partial charge in [0.2, 0.25) is 0 Å². The van der Waals surface area contributed by atoms with Crippen molar-refractivity contribution >= 4 is 0 Å². The van der Waals surface area contributed by atoms with Gasteiger partial charge in [-0.3, -0.25) is 0 Å². The molecule has 3 rings (SSSR count). The molecule has 30 heavy (non-hydrogen) atoms. The van der Waals surface area contributed by atoms with Crippen LogP contribution in [0.1, 0.15) is 18.1 Å².